The predicted octanol–water partition coefficient (Wildman–Crippen LogP) is 3.31. The molecule has 0 aromatic heterocycles. The molecule has 22 heavy (non-hydrogen) atoms. The lowest BCUT2D eigenvalue weighted by atomic mass is 10.1. The molecule has 2 rings (SSSR count). The molecule has 1 heterocycles. The Hall–Kier alpha value is -1.66. The van der Waals surface area contributed by atoms with Crippen molar-refractivity contribution >= 4 is 46.3 Å². The first kappa shape index (κ1) is 16.7. The number of thiocarbonyl (C=S) groups is 1. The molecule has 1 atom stereocenters. The van der Waals surface area contributed by atoms with Crippen LogP contribution in [0.1, 0.15) is 31.4 Å². The van der Waals surface area contributed by atoms with Crippen molar-refractivity contribution < 1.29 is 14.7 Å². The third-order valence-electron chi connectivity index (χ3n) is 3.49. The molecule has 0 spiro atoms. The highest BCUT2D eigenvalue weighted by Crippen LogP contribution is 2.34. The summed E-state index contributed by atoms with van der Waals surface area (Å²) in [5.41, 5.74) is 2.13. The van der Waals surface area contributed by atoms with Gasteiger partial charge in [0.2, 0.25) is 0 Å². The number of carboxylic acid groups (broad SMARTS) is 1. The van der Waals surface area contributed by atoms with E-state index in [1.807, 2.05) is 24.3 Å². The lowest BCUT2D eigenvalue weighted by Crippen LogP contribution is -2.43. The fraction of sp³-hybridized carbons (Fsp3) is 0.312. The number of carbonyl (C=O) groups is 2. The van der Waals surface area contributed by atoms with E-state index in [9.17, 15) is 14.7 Å². The monoisotopic (exact) mass is 335 g/mol. The zero-order valence-corrected chi connectivity index (χ0v) is 14.0. The zero-order chi connectivity index (χ0) is 16.3. The SMILES string of the molecule is CCc1ccc(/C=C2\SC(=S)N([C@H](CC)C(=O)O)C2=O)cc1. The molecule has 6 heteroatoms. The number of thioether (sulfide) groups is 1. The van der Waals surface area contributed by atoms with Gasteiger partial charge in [-0.3, -0.25) is 9.69 Å². The molecule has 0 unspecified atom stereocenters. The van der Waals surface area contributed by atoms with Gasteiger partial charge in [0.1, 0.15) is 10.4 Å². The smallest absolute Gasteiger partial charge is 0.326 e. The number of benzene rings is 1. The second-order valence-electron chi connectivity index (χ2n) is 4.91. The maximum absolute atomic E-state index is 12.4. The van der Waals surface area contributed by atoms with Crippen LogP contribution in [0.15, 0.2) is 29.2 Å². The summed E-state index contributed by atoms with van der Waals surface area (Å²) in [7, 11) is 0. The van der Waals surface area contributed by atoms with Gasteiger partial charge in [0.05, 0.1) is 4.91 Å². The number of aliphatic carboxylic acids is 1. The molecule has 1 amide bonds. The molecule has 1 fully saturated rings. The van der Waals surface area contributed by atoms with Gasteiger partial charge in [0, 0.05) is 0 Å². The van der Waals surface area contributed by atoms with Crippen LogP contribution in [0.2, 0.25) is 0 Å². The number of nitrogens with zero attached hydrogens (tertiary/aromatic N) is 1. The summed E-state index contributed by atoms with van der Waals surface area (Å²) in [6, 6.07) is 7.01. The highest BCUT2D eigenvalue weighted by Gasteiger charge is 2.39. The van der Waals surface area contributed by atoms with E-state index in [0.717, 1.165) is 23.7 Å². The van der Waals surface area contributed by atoms with Gasteiger partial charge in [-0.15, -0.1) is 0 Å². The summed E-state index contributed by atoms with van der Waals surface area (Å²) in [6.07, 6.45) is 3.03. The van der Waals surface area contributed by atoms with E-state index in [0.29, 0.717) is 15.6 Å². The van der Waals surface area contributed by atoms with E-state index in [-0.39, 0.29) is 5.91 Å². The molecule has 0 aliphatic carbocycles. The Morgan fingerprint density at radius 1 is 1.36 bits per heavy atom. The van der Waals surface area contributed by atoms with Crippen molar-refractivity contribution in [2.24, 2.45) is 0 Å². The largest absolute Gasteiger partial charge is 0.480 e. The summed E-state index contributed by atoms with van der Waals surface area (Å²) >= 11 is 6.33. The maximum Gasteiger partial charge on any atom is 0.326 e. The first-order chi connectivity index (χ1) is 10.5. The van der Waals surface area contributed by atoms with Gasteiger partial charge in [-0.2, -0.15) is 0 Å². The topological polar surface area (TPSA) is 57.6 Å². The standard InChI is InChI=1S/C16H17NO3S2/c1-3-10-5-7-11(8-6-10)9-13-14(18)17(16(21)22-13)12(4-2)15(19)20/h5-9,12H,3-4H2,1-2H3,(H,19,20)/b13-9-/t12-/m1/s1. The minimum Gasteiger partial charge on any atom is -0.480 e. The Balaban J connectivity index is 2.26. The normalized spacial score (nSPS) is 18.1. The van der Waals surface area contributed by atoms with Gasteiger partial charge in [0.25, 0.3) is 5.91 Å². The molecule has 0 bridgehead atoms. The number of hydrogen-bond donors (Lipinski definition) is 1. The third kappa shape index (κ3) is 3.39. The van der Waals surface area contributed by atoms with Gasteiger partial charge in [-0.1, -0.05) is 62.1 Å². The molecule has 1 N–H and O–H groups in total. The lowest BCUT2D eigenvalue weighted by Gasteiger charge is -2.21. The lowest BCUT2D eigenvalue weighted by molar-refractivity contribution is -0.145. The number of carboxylic acids is 1. The van der Waals surface area contributed by atoms with Crippen molar-refractivity contribution in [2.45, 2.75) is 32.7 Å². The van der Waals surface area contributed by atoms with Crippen LogP contribution in [-0.2, 0) is 16.0 Å². The molecule has 1 saturated heterocycles. The van der Waals surface area contributed by atoms with Gasteiger partial charge < -0.3 is 5.11 Å². The van der Waals surface area contributed by atoms with E-state index < -0.39 is 12.0 Å². The summed E-state index contributed by atoms with van der Waals surface area (Å²) in [6.45, 7) is 3.81. The first-order valence-electron chi connectivity index (χ1n) is 7.06. The van der Waals surface area contributed by atoms with Crippen LogP contribution in [0.4, 0.5) is 0 Å². The van der Waals surface area contributed by atoms with Crippen LogP contribution < -0.4 is 0 Å². The summed E-state index contributed by atoms with van der Waals surface area (Å²) in [5.74, 6) is -1.36. The molecule has 1 aromatic carbocycles. The van der Waals surface area contributed by atoms with E-state index in [1.165, 1.54) is 10.5 Å². The first-order valence-corrected chi connectivity index (χ1v) is 8.29. The summed E-state index contributed by atoms with van der Waals surface area (Å²) in [5, 5.41) is 9.22. The van der Waals surface area contributed by atoms with Crippen LogP contribution in [0.25, 0.3) is 6.08 Å². The average Bonchev–Trinajstić information content (AvgIpc) is 2.76. The van der Waals surface area contributed by atoms with E-state index in [4.69, 9.17) is 12.2 Å². The molecule has 1 aromatic rings. The Morgan fingerprint density at radius 3 is 2.50 bits per heavy atom. The number of carbonyl (C=O) groups excluding carboxylic acids is 1. The van der Waals surface area contributed by atoms with E-state index in [2.05, 4.69) is 6.92 Å². The molecule has 0 saturated carbocycles. The molecule has 4 nitrogen and oxygen atoms in total. The van der Waals surface area contributed by atoms with Crippen molar-refractivity contribution in [3.63, 3.8) is 0 Å². The second kappa shape index (κ2) is 7.07. The Kier molecular flexibility index (Phi) is 5.37. The number of hydrogen-bond acceptors (Lipinski definition) is 4. The maximum atomic E-state index is 12.4. The van der Waals surface area contributed by atoms with Crippen molar-refractivity contribution in [1.29, 1.82) is 0 Å². The van der Waals surface area contributed by atoms with Crippen LogP contribution in [0.3, 0.4) is 0 Å². The predicted molar refractivity (Wildman–Crippen MR) is 92.5 cm³/mol. The fourth-order valence-electron chi connectivity index (χ4n) is 2.22. The van der Waals surface area contributed by atoms with E-state index >= 15 is 0 Å². The Labute approximate surface area is 139 Å². The minimum absolute atomic E-state index is 0.302. The third-order valence-corrected chi connectivity index (χ3v) is 4.82. The van der Waals surface area contributed by atoms with E-state index in [1.54, 1.807) is 13.0 Å². The highest BCUT2D eigenvalue weighted by molar-refractivity contribution is 8.26. The van der Waals surface area contributed by atoms with Crippen molar-refractivity contribution in [1.82, 2.24) is 4.90 Å². The Bertz CT molecular complexity index is 637. The van der Waals surface area contributed by atoms with Crippen LogP contribution >= 0.6 is 24.0 Å². The minimum atomic E-state index is -1.03. The zero-order valence-electron chi connectivity index (χ0n) is 12.4. The fourth-order valence-corrected chi connectivity index (χ4v) is 3.57. The average molecular weight is 335 g/mol. The number of aryl methyl sites for hydroxylation is 1. The van der Waals surface area contributed by atoms with Crippen molar-refractivity contribution in [3.8, 4) is 0 Å². The molecule has 1 aliphatic rings. The summed E-state index contributed by atoms with van der Waals surface area (Å²) < 4.78 is 0.302. The van der Waals surface area contributed by atoms with Crippen LogP contribution in [0, 0.1) is 0 Å². The summed E-state index contributed by atoms with van der Waals surface area (Å²) in [4.78, 5) is 25.4. The van der Waals surface area contributed by atoms with Gasteiger partial charge in [-0.25, -0.2) is 4.79 Å². The second-order valence-corrected chi connectivity index (χ2v) is 6.58. The van der Waals surface area contributed by atoms with Crippen LogP contribution in [-0.4, -0.2) is 32.2 Å². The van der Waals surface area contributed by atoms with Gasteiger partial charge >= 0.3 is 5.97 Å². The Morgan fingerprint density at radius 2 is 2.00 bits per heavy atom. The molecule has 116 valence electrons. The van der Waals surface area contributed by atoms with Gasteiger partial charge in [0.15, 0.2) is 0 Å². The molecular formula is C16H17NO3S2. The van der Waals surface area contributed by atoms with Crippen LogP contribution in [0.5, 0.6) is 0 Å². The molecule has 0 radical (unpaired) electrons. The quantitative estimate of drug-likeness (QED) is 0.661. The highest BCUT2D eigenvalue weighted by atomic mass is 32.2. The number of amides is 1. The van der Waals surface area contributed by atoms with Crippen molar-refractivity contribution in [3.05, 3.63) is 40.3 Å². The number of rotatable bonds is 5. The molecule has 1 aliphatic heterocycles. The van der Waals surface area contributed by atoms with Crippen molar-refractivity contribution in [2.75, 3.05) is 0 Å². The molecular weight excluding hydrogens is 318 g/mol. The van der Waals surface area contributed by atoms with Gasteiger partial charge in [-0.05, 0) is 30.0 Å².